The van der Waals surface area contributed by atoms with Gasteiger partial charge in [-0.1, -0.05) is 18.2 Å². The number of rotatable bonds is 1. The molecule has 3 rings (SSSR count). The maximum absolute atomic E-state index is 12.2. The van der Waals surface area contributed by atoms with Crippen LogP contribution in [0, 0.1) is 0 Å². The van der Waals surface area contributed by atoms with Crippen LogP contribution in [0.3, 0.4) is 0 Å². The molecule has 1 saturated heterocycles. The molecule has 0 N–H and O–H groups in total. The highest BCUT2D eigenvalue weighted by Crippen LogP contribution is 2.30. The summed E-state index contributed by atoms with van der Waals surface area (Å²) in [5, 5.41) is 1.06. The summed E-state index contributed by atoms with van der Waals surface area (Å²) < 4.78 is 7.13. The Bertz CT molecular complexity index is 796. The third-order valence-electron chi connectivity index (χ3n) is 4.30. The smallest absolute Gasteiger partial charge is 0.410 e. The van der Waals surface area contributed by atoms with Crippen molar-refractivity contribution in [1.82, 2.24) is 9.47 Å². The van der Waals surface area contributed by atoms with E-state index in [-0.39, 0.29) is 12.0 Å². The summed E-state index contributed by atoms with van der Waals surface area (Å²) in [6, 6.07) is 7.90. The number of carbonyl (C=O) groups is 2. The molecule has 0 spiro atoms. The number of nitrogens with zero attached hydrogens (tertiary/aromatic N) is 3. The number of ether oxygens (including phenoxy) is 1. The molecule has 1 fully saturated rings. The molecule has 0 bridgehead atoms. The maximum atomic E-state index is 12.2. The third kappa shape index (κ3) is 3.62. The maximum Gasteiger partial charge on any atom is 0.410 e. The number of benzene rings is 1. The number of para-hydroxylation sites is 1. The zero-order valence-electron chi connectivity index (χ0n) is 15.3. The predicted octanol–water partition coefficient (Wildman–Crippen LogP) is 3.36. The SMILES string of the molecule is CC(=O)n1cc(N2CCN(C(=O)OC(C)(C)C)CC2)c2ccccc21. The predicted molar refractivity (Wildman–Crippen MR) is 98.3 cm³/mol. The van der Waals surface area contributed by atoms with Gasteiger partial charge < -0.3 is 14.5 Å². The largest absolute Gasteiger partial charge is 0.444 e. The molecule has 2 aromatic rings. The molecule has 6 heteroatoms. The van der Waals surface area contributed by atoms with E-state index in [0.29, 0.717) is 26.2 Å². The van der Waals surface area contributed by atoms with Gasteiger partial charge in [0.1, 0.15) is 5.60 Å². The summed E-state index contributed by atoms with van der Waals surface area (Å²) in [6.45, 7) is 9.82. The van der Waals surface area contributed by atoms with Crippen LogP contribution in [0.5, 0.6) is 0 Å². The van der Waals surface area contributed by atoms with Crippen molar-refractivity contribution in [1.29, 1.82) is 0 Å². The molecule has 1 amide bonds. The van der Waals surface area contributed by atoms with Gasteiger partial charge in [-0.3, -0.25) is 9.36 Å². The van der Waals surface area contributed by atoms with Crippen molar-refractivity contribution in [3.05, 3.63) is 30.5 Å². The monoisotopic (exact) mass is 343 g/mol. The van der Waals surface area contributed by atoms with Crippen LogP contribution in [0.15, 0.2) is 30.5 Å². The number of fused-ring (bicyclic) bond motifs is 1. The van der Waals surface area contributed by atoms with Gasteiger partial charge in [-0.05, 0) is 26.8 Å². The number of hydrogen-bond acceptors (Lipinski definition) is 4. The molecule has 6 nitrogen and oxygen atoms in total. The first-order valence-corrected chi connectivity index (χ1v) is 8.60. The van der Waals surface area contributed by atoms with Gasteiger partial charge in [-0.15, -0.1) is 0 Å². The second-order valence-corrected chi connectivity index (χ2v) is 7.37. The van der Waals surface area contributed by atoms with Crippen LogP contribution in [0.25, 0.3) is 10.9 Å². The molecular weight excluding hydrogens is 318 g/mol. The van der Waals surface area contributed by atoms with E-state index in [1.807, 2.05) is 51.2 Å². The summed E-state index contributed by atoms with van der Waals surface area (Å²) in [4.78, 5) is 28.1. The highest BCUT2D eigenvalue weighted by atomic mass is 16.6. The molecule has 1 aromatic carbocycles. The van der Waals surface area contributed by atoms with Gasteiger partial charge in [0.2, 0.25) is 5.91 Å². The highest BCUT2D eigenvalue weighted by molar-refractivity contribution is 5.99. The number of piperazine rings is 1. The van der Waals surface area contributed by atoms with Gasteiger partial charge in [0, 0.05) is 44.7 Å². The molecule has 0 saturated carbocycles. The zero-order chi connectivity index (χ0) is 18.2. The second-order valence-electron chi connectivity index (χ2n) is 7.37. The Hall–Kier alpha value is -2.50. The summed E-state index contributed by atoms with van der Waals surface area (Å²) in [6.07, 6.45) is 1.63. The van der Waals surface area contributed by atoms with Crippen molar-refractivity contribution in [2.24, 2.45) is 0 Å². The van der Waals surface area contributed by atoms with Crippen LogP contribution in [-0.2, 0) is 4.74 Å². The Morgan fingerprint density at radius 3 is 2.28 bits per heavy atom. The van der Waals surface area contributed by atoms with Crippen LogP contribution in [0.2, 0.25) is 0 Å². The fourth-order valence-electron chi connectivity index (χ4n) is 3.13. The van der Waals surface area contributed by atoms with Gasteiger partial charge in [0.25, 0.3) is 0 Å². The summed E-state index contributed by atoms with van der Waals surface area (Å²) in [7, 11) is 0. The Morgan fingerprint density at radius 2 is 1.68 bits per heavy atom. The minimum absolute atomic E-state index is 0.00478. The Labute approximate surface area is 147 Å². The zero-order valence-corrected chi connectivity index (χ0v) is 15.3. The van der Waals surface area contributed by atoms with E-state index < -0.39 is 5.60 Å². The van der Waals surface area contributed by atoms with Gasteiger partial charge in [-0.2, -0.15) is 0 Å². The molecule has 1 aliphatic heterocycles. The standard InChI is InChI=1S/C19H25N3O3/c1-14(23)22-13-17(15-7-5-6-8-16(15)22)20-9-11-21(12-10-20)18(24)25-19(2,3)4/h5-8,13H,9-12H2,1-4H3. The molecular formula is C19H25N3O3. The van der Waals surface area contributed by atoms with Gasteiger partial charge in [-0.25, -0.2) is 4.79 Å². The van der Waals surface area contributed by atoms with Crippen molar-refractivity contribution < 1.29 is 14.3 Å². The number of amides is 1. The lowest BCUT2D eigenvalue weighted by Crippen LogP contribution is -2.50. The average molecular weight is 343 g/mol. The van der Waals surface area contributed by atoms with E-state index in [4.69, 9.17) is 4.74 Å². The van der Waals surface area contributed by atoms with Crippen molar-refractivity contribution in [3.63, 3.8) is 0 Å². The van der Waals surface area contributed by atoms with Gasteiger partial charge in [0.15, 0.2) is 0 Å². The Balaban J connectivity index is 1.77. The van der Waals surface area contributed by atoms with Crippen LogP contribution >= 0.6 is 0 Å². The topological polar surface area (TPSA) is 54.8 Å². The van der Waals surface area contributed by atoms with Crippen LogP contribution in [0.4, 0.5) is 10.5 Å². The quantitative estimate of drug-likeness (QED) is 0.797. The first-order chi connectivity index (χ1) is 11.8. The van der Waals surface area contributed by atoms with Crippen LogP contribution < -0.4 is 4.90 Å². The molecule has 2 heterocycles. The van der Waals surface area contributed by atoms with E-state index in [0.717, 1.165) is 16.6 Å². The van der Waals surface area contributed by atoms with E-state index in [1.54, 1.807) is 16.4 Å². The van der Waals surface area contributed by atoms with Crippen LogP contribution in [-0.4, -0.2) is 53.2 Å². The summed E-state index contributed by atoms with van der Waals surface area (Å²) >= 11 is 0. The van der Waals surface area contributed by atoms with Crippen molar-refractivity contribution in [3.8, 4) is 0 Å². The van der Waals surface area contributed by atoms with Crippen molar-refractivity contribution in [2.75, 3.05) is 31.1 Å². The first kappa shape index (κ1) is 17.3. The molecule has 1 aliphatic rings. The highest BCUT2D eigenvalue weighted by Gasteiger charge is 2.27. The fraction of sp³-hybridized carbons (Fsp3) is 0.474. The number of aromatic nitrogens is 1. The average Bonchev–Trinajstić information content (AvgIpc) is 2.93. The fourth-order valence-corrected chi connectivity index (χ4v) is 3.13. The minimum Gasteiger partial charge on any atom is -0.444 e. The summed E-state index contributed by atoms with van der Waals surface area (Å²) in [5.41, 5.74) is 1.47. The minimum atomic E-state index is -0.483. The molecule has 0 unspecified atom stereocenters. The Morgan fingerprint density at radius 1 is 1.04 bits per heavy atom. The lowest BCUT2D eigenvalue weighted by Gasteiger charge is -2.36. The number of carbonyl (C=O) groups excluding carboxylic acids is 2. The number of anilines is 1. The van der Waals surface area contributed by atoms with Gasteiger partial charge >= 0.3 is 6.09 Å². The van der Waals surface area contributed by atoms with E-state index >= 15 is 0 Å². The normalized spacial score (nSPS) is 15.5. The lowest BCUT2D eigenvalue weighted by atomic mass is 10.2. The molecule has 0 atom stereocenters. The second kappa shape index (κ2) is 6.43. The summed E-state index contributed by atoms with van der Waals surface area (Å²) in [5.74, 6) is -0.00478. The van der Waals surface area contributed by atoms with E-state index in [2.05, 4.69) is 4.90 Å². The molecule has 25 heavy (non-hydrogen) atoms. The third-order valence-corrected chi connectivity index (χ3v) is 4.30. The molecule has 1 aromatic heterocycles. The van der Waals surface area contributed by atoms with Crippen molar-refractivity contribution >= 4 is 28.6 Å². The lowest BCUT2D eigenvalue weighted by molar-refractivity contribution is 0.0240. The molecule has 0 aliphatic carbocycles. The molecule has 134 valence electrons. The number of hydrogen-bond donors (Lipinski definition) is 0. The van der Waals surface area contributed by atoms with E-state index in [1.165, 1.54) is 0 Å². The Kier molecular flexibility index (Phi) is 4.45. The van der Waals surface area contributed by atoms with Gasteiger partial charge in [0.05, 0.1) is 11.2 Å². The first-order valence-electron chi connectivity index (χ1n) is 8.60. The molecule has 0 radical (unpaired) electrons. The van der Waals surface area contributed by atoms with Crippen molar-refractivity contribution in [2.45, 2.75) is 33.3 Å². The van der Waals surface area contributed by atoms with E-state index in [9.17, 15) is 9.59 Å². The van der Waals surface area contributed by atoms with Crippen LogP contribution in [0.1, 0.15) is 32.5 Å².